The average Bonchev–Trinajstić information content (AvgIpc) is 3.27. The van der Waals surface area contributed by atoms with Crippen molar-refractivity contribution in [3.63, 3.8) is 0 Å². The zero-order valence-electron chi connectivity index (χ0n) is 12.5. The summed E-state index contributed by atoms with van der Waals surface area (Å²) in [6.07, 6.45) is 3.84. The predicted octanol–water partition coefficient (Wildman–Crippen LogP) is 2.19. The minimum atomic E-state index is -0.359. The second kappa shape index (κ2) is 6.07. The number of amides is 2. The summed E-state index contributed by atoms with van der Waals surface area (Å²) in [7, 11) is 0. The van der Waals surface area contributed by atoms with Crippen LogP contribution in [-0.2, 0) is 9.59 Å². The van der Waals surface area contributed by atoms with E-state index in [0.717, 1.165) is 31.2 Å². The van der Waals surface area contributed by atoms with Crippen molar-refractivity contribution in [1.82, 2.24) is 4.90 Å². The zero-order chi connectivity index (χ0) is 15.7. The Kier molecular flexibility index (Phi) is 4.14. The predicted molar refractivity (Wildman–Crippen MR) is 80.4 cm³/mol. The molecule has 4 nitrogen and oxygen atoms in total. The third-order valence-electron chi connectivity index (χ3n) is 4.73. The van der Waals surface area contributed by atoms with Crippen LogP contribution in [0.2, 0.25) is 0 Å². The monoisotopic (exact) mass is 304 g/mol. The van der Waals surface area contributed by atoms with Gasteiger partial charge in [0.15, 0.2) is 0 Å². The number of likely N-dealkylation sites (tertiary alicyclic amines) is 1. The van der Waals surface area contributed by atoms with Gasteiger partial charge in [-0.15, -0.1) is 0 Å². The molecule has 2 amide bonds. The van der Waals surface area contributed by atoms with E-state index in [1.54, 1.807) is 6.07 Å². The Morgan fingerprint density at radius 1 is 1.32 bits per heavy atom. The molecule has 22 heavy (non-hydrogen) atoms. The minimum absolute atomic E-state index is 0.0625. The molecule has 0 aromatic heterocycles. The van der Waals surface area contributed by atoms with E-state index in [4.69, 9.17) is 5.73 Å². The molecule has 2 aliphatic rings. The summed E-state index contributed by atoms with van der Waals surface area (Å²) >= 11 is 0. The second-order valence-corrected chi connectivity index (χ2v) is 6.36. The van der Waals surface area contributed by atoms with Crippen LogP contribution in [0.4, 0.5) is 4.39 Å². The molecule has 1 aliphatic heterocycles. The maximum atomic E-state index is 13.3. The standard InChI is InChI=1S/C17H21FN2O2/c18-12-5-3-4-11(8-12)14-10-15(14)17(22)20-7-2-1-6-13(20)9-16(19)21/h3-5,8,13-15H,1-2,6-7,9-10H2,(H2,19,21)/t13-,14-,15-/m0/s1. The van der Waals surface area contributed by atoms with Crippen LogP contribution in [0.5, 0.6) is 0 Å². The van der Waals surface area contributed by atoms with Gasteiger partial charge in [0.05, 0.1) is 0 Å². The maximum absolute atomic E-state index is 13.3. The fraction of sp³-hybridized carbons (Fsp3) is 0.529. The van der Waals surface area contributed by atoms with Gasteiger partial charge in [-0.25, -0.2) is 4.39 Å². The Morgan fingerprint density at radius 2 is 2.14 bits per heavy atom. The van der Waals surface area contributed by atoms with E-state index in [1.807, 2.05) is 11.0 Å². The molecule has 2 fully saturated rings. The summed E-state index contributed by atoms with van der Waals surface area (Å²) in [4.78, 5) is 25.7. The van der Waals surface area contributed by atoms with Gasteiger partial charge in [0.25, 0.3) is 0 Å². The lowest BCUT2D eigenvalue weighted by Gasteiger charge is -2.35. The molecular weight excluding hydrogens is 283 g/mol. The van der Waals surface area contributed by atoms with Gasteiger partial charge in [0.2, 0.25) is 11.8 Å². The number of hydrogen-bond donors (Lipinski definition) is 1. The molecule has 3 atom stereocenters. The summed E-state index contributed by atoms with van der Waals surface area (Å²) in [6.45, 7) is 0.698. The fourth-order valence-electron chi connectivity index (χ4n) is 3.52. The molecule has 2 N–H and O–H groups in total. The fourth-order valence-corrected chi connectivity index (χ4v) is 3.52. The van der Waals surface area contributed by atoms with Crippen molar-refractivity contribution in [2.75, 3.05) is 6.54 Å². The summed E-state index contributed by atoms with van der Waals surface area (Å²) in [5.74, 6) is -0.489. The average molecular weight is 304 g/mol. The SMILES string of the molecule is NC(=O)C[C@@H]1CCCCN1C(=O)[C@H]1C[C@H]1c1cccc(F)c1. The van der Waals surface area contributed by atoms with Crippen molar-refractivity contribution in [2.24, 2.45) is 11.7 Å². The number of rotatable bonds is 4. The first-order chi connectivity index (χ1) is 10.6. The minimum Gasteiger partial charge on any atom is -0.370 e. The number of nitrogens with zero attached hydrogens (tertiary/aromatic N) is 1. The van der Waals surface area contributed by atoms with Crippen LogP contribution < -0.4 is 5.73 Å². The van der Waals surface area contributed by atoms with Crippen LogP contribution in [0.15, 0.2) is 24.3 Å². The van der Waals surface area contributed by atoms with Crippen molar-refractivity contribution in [2.45, 2.75) is 44.1 Å². The molecule has 1 aromatic rings. The number of primary amides is 1. The Hall–Kier alpha value is -1.91. The van der Waals surface area contributed by atoms with Crippen molar-refractivity contribution < 1.29 is 14.0 Å². The highest BCUT2D eigenvalue weighted by molar-refractivity contribution is 5.84. The normalized spacial score (nSPS) is 27.5. The van der Waals surface area contributed by atoms with Crippen LogP contribution in [0, 0.1) is 11.7 Å². The van der Waals surface area contributed by atoms with Gasteiger partial charge in [0, 0.05) is 24.9 Å². The number of hydrogen-bond acceptors (Lipinski definition) is 2. The first-order valence-electron chi connectivity index (χ1n) is 7.90. The molecule has 1 aromatic carbocycles. The van der Waals surface area contributed by atoms with E-state index in [9.17, 15) is 14.0 Å². The molecule has 0 unspecified atom stereocenters. The number of carbonyl (C=O) groups excluding carboxylic acids is 2. The van der Waals surface area contributed by atoms with Crippen molar-refractivity contribution in [1.29, 1.82) is 0 Å². The van der Waals surface area contributed by atoms with E-state index >= 15 is 0 Å². The number of benzene rings is 1. The Morgan fingerprint density at radius 3 is 2.86 bits per heavy atom. The van der Waals surface area contributed by atoms with Crippen LogP contribution in [0.1, 0.15) is 43.6 Å². The van der Waals surface area contributed by atoms with E-state index < -0.39 is 0 Å². The summed E-state index contributed by atoms with van der Waals surface area (Å²) < 4.78 is 13.3. The molecule has 0 radical (unpaired) electrons. The quantitative estimate of drug-likeness (QED) is 0.926. The van der Waals surface area contributed by atoms with Gasteiger partial charge in [-0.2, -0.15) is 0 Å². The van der Waals surface area contributed by atoms with Gasteiger partial charge >= 0.3 is 0 Å². The van der Waals surface area contributed by atoms with Crippen LogP contribution in [0.3, 0.4) is 0 Å². The molecule has 3 rings (SSSR count). The molecule has 118 valence electrons. The van der Waals surface area contributed by atoms with E-state index in [1.165, 1.54) is 12.1 Å². The van der Waals surface area contributed by atoms with Crippen LogP contribution in [-0.4, -0.2) is 29.3 Å². The molecule has 1 heterocycles. The Bertz CT molecular complexity index is 590. The van der Waals surface area contributed by atoms with Gasteiger partial charge < -0.3 is 10.6 Å². The first-order valence-corrected chi connectivity index (χ1v) is 7.90. The molecule has 1 aliphatic carbocycles. The van der Waals surface area contributed by atoms with Crippen molar-refractivity contribution in [3.8, 4) is 0 Å². The number of nitrogens with two attached hydrogens (primary N) is 1. The molecular formula is C17H21FN2O2. The molecule has 1 saturated carbocycles. The highest BCUT2D eigenvalue weighted by Crippen LogP contribution is 2.49. The van der Waals surface area contributed by atoms with E-state index in [2.05, 4.69) is 0 Å². The number of halogens is 1. The zero-order valence-corrected chi connectivity index (χ0v) is 12.5. The van der Waals surface area contributed by atoms with E-state index in [0.29, 0.717) is 6.54 Å². The van der Waals surface area contributed by atoms with Crippen LogP contribution in [0.25, 0.3) is 0 Å². The molecule has 5 heteroatoms. The highest BCUT2D eigenvalue weighted by Gasteiger charge is 2.47. The first kappa shape index (κ1) is 15.0. The third-order valence-corrected chi connectivity index (χ3v) is 4.73. The molecule has 0 bridgehead atoms. The Balaban J connectivity index is 1.67. The third kappa shape index (κ3) is 3.13. The molecule has 1 saturated heterocycles. The van der Waals surface area contributed by atoms with Crippen LogP contribution >= 0.6 is 0 Å². The lowest BCUT2D eigenvalue weighted by molar-refractivity contribution is -0.137. The summed E-state index contributed by atoms with van der Waals surface area (Å²) in [5, 5.41) is 0. The summed E-state index contributed by atoms with van der Waals surface area (Å²) in [6, 6.07) is 6.41. The second-order valence-electron chi connectivity index (χ2n) is 6.36. The van der Waals surface area contributed by atoms with Gasteiger partial charge in [-0.1, -0.05) is 12.1 Å². The lowest BCUT2D eigenvalue weighted by Crippen LogP contribution is -2.46. The number of carbonyl (C=O) groups is 2. The van der Waals surface area contributed by atoms with E-state index in [-0.39, 0.29) is 41.9 Å². The maximum Gasteiger partial charge on any atom is 0.226 e. The van der Waals surface area contributed by atoms with Crippen molar-refractivity contribution >= 4 is 11.8 Å². The lowest BCUT2D eigenvalue weighted by atomic mass is 9.98. The smallest absolute Gasteiger partial charge is 0.226 e. The number of piperidine rings is 1. The topological polar surface area (TPSA) is 63.4 Å². The Labute approximate surface area is 129 Å². The van der Waals surface area contributed by atoms with Gasteiger partial charge in [-0.3, -0.25) is 9.59 Å². The summed E-state index contributed by atoms with van der Waals surface area (Å²) in [5.41, 5.74) is 6.18. The van der Waals surface area contributed by atoms with Gasteiger partial charge in [0.1, 0.15) is 5.82 Å². The van der Waals surface area contributed by atoms with Crippen molar-refractivity contribution in [3.05, 3.63) is 35.6 Å². The largest absolute Gasteiger partial charge is 0.370 e. The molecule has 0 spiro atoms. The van der Waals surface area contributed by atoms with Gasteiger partial charge in [-0.05, 0) is 49.3 Å². The highest BCUT2D eigenvalue weighted by atomic mass is 19.1.